The van der Waals surface area contributed by atoms with Crippen molar-refractivity contribution in [2.24, 2.45) is 5.92 Å². The molecule has 0 aliphatic carbocycles. The van der Waals surface area contributed by atoms with Gasteiger partial charge in [-0.15, -0.1) is 0 Å². The highest BCUT2D eigenvalue weighted by Gasteiger charge is 2.36. The van der Waals surface area contributed by atoms with E-state index in [-0.39, 0.29) is 18.3 Å². The standard InChI is InChI=1S/C19H18ClNO3/c1-2-13-6-8-17(9-7-13)24-19(23)14-10-18(22)21(12-14)16-5-3-4-15(20)11-16/h3-9,11,14H,2,10,12H2,1H3/t14-/m0/s1. The van der Waals surface area contributed by atoms with Gasteiger partial charge >= 0.3 is 5.97 Å². The molecule has 1 heterocycles. The van der Waals surface area contributed by atoms with Gasteiger partial charge in [0.1, 0.15) is 5.75 Å². The van der Waals surface area contributed by atoms with Gasteiger partial charge in [0, 0.05) is 23.7 Å². The molecule has 1 aliphatic rings. The van der Waals surface area contributed by atoms with Crippen LogP contribution in [0.15, 0.2) is 48.5 Å². The van der Waals surface area contributed by atoms with Crippen molar-refractivity contribution < 1.29 is 14.3 Å². The van der Waals surface area contributed by atoms with E-state index in [1.54, 1.807) is 41.3 Å². The van der Waals surface area contributed by atoms with Crippen LogP contribution in [0, 0.1) is 5.92 Å². The van der Waals surface area contributed by atoms with Crippen LogP contribution in [0.3, 0.4) is 0 Å². The maximum absolute atomic E-state index is 12.3. The lowest BCUT2D eigenvalue weighted by atomic mass is 10.1. The molecule has 5 heteroatoms. The summed E-state index contributed by atoms with van der Waals surface area (Å²) < 4.78 is 5.41. The summed E-state index contributed by atoms with van der Waals surface area (Å²) in [7, 11) is 0. The van der Waals surface area contributed by atoms with Crippen molar-refractivity contribution in [3.8, 4) is 5.75 Å². The topological polar surface area (TPSA) is 46.6 Å². The molecular weight excluding hydrogens is 326 g/mol. The number of ether oxygens (including phenoxy) is 1. The van der Waals surface area contributed by atoms with Crippen LogP contribution in [-0.2, 0) is 16.0 Å². The first kappa shape index (κ1) is 16.5. The summed E-state index contributed by atoms with van der Waals surface area (Å²) in [4.78, 5) is 26.1. The van der Waals surface area contributed by atoms with E-state index >= 15 is 0 Å². The number of amides is 1. The second-order valence-electron chi connectivity index (χ2n) is 5.80. The zero-order chi connectivity index (χ0) is 17.1. The van der Waals surface area contributed by atoms with Gasteiger partial charge in [-0.3, -0.25) is 9.59 Å². The van der Waals surface area contributed by atoms with Crippen LogP contribution < -0.4 is 9.64 Å². The third-order valence-corrected chi connectivity index (χ3v) is 4.36. The Labute approximate surface area is 146 Å². The van der Waals surface area contributed by atoms with Crippen molar-refractivity contribution >= 4 is 29.2 Å². The molecule has 0 radical (unpaired) electrons. The van der Waals surface area contributed by atoms with Crippen molar-refractivity contribution in [2.45, 2.75) is 19.8 Å². The third-order valence-electron chi connectivity index (χ3n) is 4.13. The van der Waals surface area contributed by atoms with Crippen LogP contribution in [0.25, 0.3) is 0 Å². The van der Waals surface area contributed by atoms with Gasteiger partial charge in [-0.25, -0.2) is 0 Å². The number of benzene rings is 2. The number of aryl methyl sites for hydroxylation is 1. The first-order valence-electron chi connectivity index (χ1n) is 7.93. The summed E-state index contributed by atoms with van der Waals surface area (Å²) >= 11 is 5.97. The van der Waals surface area contributed by atoms with Crippen molar-refractivity contribution in [3.05, 3.63) is 59.1 Å². The second kappa shape index (κ2) is 7.05. The summed E-state index contributed by atoms with van der Waals surface area (Å²) in [6.45, 7) is 2.38. The van der Waals surface area contributed by atoms with E-state index in [9.17, 15) is 9.59 Å². The lowest BCUT2D eigenvalue weighted by Crippen LogP contribution is -2.27. The Balaban J connectivity index is 1.67. The number of anilines is 1. The van der Waals surface area contributed by atoms with Crippen LogP contribution in [-0.4, -0.2) is 18.4 Å². The lowest BCUT2D eigenvalue weighted by molar-refractivity contribution is -0.139. The van der Waals surface area contributed by atoms with Crippen molar-refractivity contribution in [2.75, 3.05) is 11.4 Å². The molecule has 4 nitrogen and oxygen atoms in total. The number of rotatable bonds is 4. The molecule has 0 unspecified atom stereocenters. The minimum Gasteiger partial charge on any atom is -0.426 e. The summed E-state index contributed by atoms with van der Waals surface area (Å²) in [5, 5.41) is 0.558. The number of halogens is 1. The predicted molar refractivity (Wildman–Crippen MR) is 93.4 cm³/mol. The monoisotopic (exact) mass is 343 g/mol. The Morgan fingerprint density at radius 1 is 1.25 bits per heavy atom. The fraction of sp³-hybridized carbons (Fsp3) is 0.263. The number of nitrogens with zero attached hydrogens (tertiary/aromatic N) is 1. The van der Waals surface area contributed by atoms with Gasteiger partial charge in [-0.1, -0.05) is 36.7 Å². The first-order valence-corrected chi connectivity index (χ1v) is 8.31. The van der Waals surface area contributed by atoms with Gasteiger partial charge in [-0.2, -0.15) is 0 Å². The van der Waals surface area contributed by atoms with Crippen LogP contribution in [0.5, 0.6) is 5.75 Å². The Morgan fingerprint density at radius 2 is 2.00 bits per heavy atom. The molecule has 1 fully saturated rings. The Hall–Kier alpha value is -2.33. The highest BCUT2D eigenvalue weighted by atomic mass is 35.5. The molecule has 1 aliphatic heterocycles. The summed E-state index contributed by atoms with van der Waals surface area (Å²) in [5.74, 6) is -0.439. The second-order valence-corrected chi connectivity index (χ2v) is 6.24. The van der Waals surface area contributed by atoms with Gasteiger partial charge in [-0.05, 0) is 42.3 Å². The molecule has 0 aromatic heterocycles. The molecule has 2 aromatic rings. The fourth-order valence-electron chi connectivity index (χ4n) is 2.75. The number of hydrogen-bond donors (Lipinski definition) is 0. The van der Waals surface area contributed by atoms with Gasteiger partial charge < -0.3 is 9.64 Å². The molecule has 1 amide bonds. The average Bonchev–Trinajstić information content (AvgIpc) is 2.97. The van der Waals surface area contributed by atoms with Gasteiger partial charge in [0.25, 0.3) is 0 Å². The van der Waals surface area contributed by atoms with Crippen molar-refractivity contribution in [3.63, 3.8) is 0 Å². The molecule has 1 atom stereocenters. The molecule has 0 spiro atoms. The molecule has 2 aromatic carbocycles. The smallest absolute Gasteiger partial charge is 0.316 e. The molecule has 1 saturated heterocycles. The quantitative estimate of drug-likeness (QED) is 0.625. The number of carbonyl (C=O) groups excluding carboxylic acids is 2. The highest BCUT2D eigenvalue weighted by molar-refractivity contribution is 6.30. The van der Waals surface area contributed by atoms with Crippen LogP contribution in [0.1, 0.15) is 18.9 Å². The molecule has 0 saturated carbocycles. The summed E-state index contributed by atoms with van der Waals surface area (Å²) in [6.07, 6.45) is 1.08. The lowest BCUT2D eigenvalue weighted by Gasteiger charge is -2.16. The first-order chi connectivity index (χ1) is 11.6. The SMILES string of the molecule is CCc1ccc(OC(=O)[C@H]2CC(=O)N(c3cccc(Cl)c3)C2)cc1. The van der Waals surface area contributed by atoms with E-state index in [1.165, 1.54) is 5.56 Å². The van der Waals surface area contributed by atoms with Gasteiger partial charge in [0.05, 0.1) is 5.92 Å². The largest absolute Gasteiger partial charge is 0.426 e. The van der Waals surface area contributed by atoms with E-state index in [1.807, 2.05) is 12.1 Å². The van der Waals surface area contributed by atoms with E-state index < -0.39 is 5.92 Å². The van der Waals surface area contributed by atoms with Gasteiger partial charge in [0.2, 0.25) is 5.91 Å². The zero-order valence-electron chi connectivity index (χ0n) is 13.4. The summed E-state index contributed by atoms with van der Waals surface area (Å²) in [6, 6.07) is 14.5. The van der Waals surface area contributed by atoms with Crippen LogP contribution >= 0.6 is 11.6 Å². The number of carbonyl (C=O) groups is 2. The molecule has 0 bridgehead atoms. The van der Waals surface area contributed by atoms with Crippen molar-refractivity contribution in [1.29, 1.82) is 0 Å². The Bertz CT molecular complexity index is 757. The molecule has 3 rings (SSSR count). The van der Waals surface area contributed by atoms with Crippen molar-refractivity contribution in [1.82, 2.24) is 0 Å². The molecule has 24 heavy (non-hydrogen) atoms. The molecular formula is C19H18ClNO3. The van der Waals surface area contributed by atoms with Gasteiger partial charge in [0.15, 0.2) is 0 Å². The average molecular weight is 344 g/mol. The number of esters is 1. The number of hydrogen-bond acceptors (Lipinski definition) is 3. The molecule has 0 N–H and O–H groups in total. The van der Waals surface area contributed by atoms with Crippen LogP contribution in [0.2, 0.25) is 5.02 Å². The fourth-order valence-corrected chi connectivity index (χ4v) is 2.94. The van der Waals surface area contributed by atoms with E-state index in [2.05, 4.69) is 6.92 Å². The predicted octanol–water partition coefficient (Wildman–Crippen LogP) is 3.86. The van der Waals surface area contributed by atoms with E-state index in [0.717, 1.165) is 6.42 Å². The zero-order valence-corrected chi connectivity index (χ0v) is 14.1. The van der Waals surface area contributed by atoms with E-state index in [0.29, 0.717) is 23.0 Å². The minimum absolute atomic E-state index is 0.0967. The summed E-state index contributed by atoms with van der Waals surface area (Å²) in [5.41, 5.74) is 1.88. The normalized spacial score (nSPS) is 17.2. The minimum atomic E-state index is -0.470. The Morgan fingerprint density at radius 3 is 2.67 bits per heavy atom. The Kier molecular flexibility index (Phi) is 4.86. The van der Waals surface area contributed by atoms with E-state index in [4.69, 9.17) is 16.3 Å². The third kappa shape index (κ3) is 3.60. The highest BCUT2D eigenvalue weighted by Crippen LogP contribution is 2.28. The molecule has 124 valence electrons. The maximum atomic E-state index is 12.3. The van der Waals surface area contributed by atoms with Crippen LogP contribution in [0.4, 0.5) is 5.69 Å². The maximum Gasteiger partial charge on any atom is 0.316 e.